The summed E-state index contributed by atoms with van der Waals surface area (Å²) in [5.74, 6) is -0.359. The summed E-state index contributed by atoms with van der Waals surface area (Å²) in [5, 5.41) is 5.82. The number of nitrogens with one attached hydrogen (secondary N) is 2. The smallest absolute Gasteiger partial charge is 0.224 e. The topological polar surface area (TPSA) is 58.2 Å². The van der Waals surface area contributed by atoms with Gasteiger partial charge in [0.15, 0.2) is 0 Å². The van der Waals surface area contributed by atoms with Crippen LogP contribution in [-0.4, -0.2) is 11.8 Å². The maximum Gasteiger partial charge on any atom is 0.224 e. The molecule has 0 atom stereocenters. The molecule has 0 aliphatic heterocycles. The van der Waals surface area contributed by atoms with E-state index in [1.165, 1.54) is 6.92 Å². The number of anilines is 2. The number of benzene rings is 1. The first kappa shape index (κ1) is 14.3. The summed E-state index contributed by atoms with van der Waals surface area (Å²) < 4.78 is 0. The lowest BCUT2D eigenvalue weighted by Gasteiger charge is -2.11. The van der Waals surface area contributed by atoms with E-state index in [0.29, 0.717) is 29.2 Å². The van der Waals surface area contributed by atoms with Crippen molar-refractivity contribution in [2.75, 3.05) is 10.6 Å². The van der Waals surface area contributed by atoms with E-state index in [1.807, 2.05) is 0 Å². The van der Waals surface area contributed by atoms with E-state index < -0.39 is 0 Å². The third kappa shape index (κ3) is 4.59. The standard InChI is InChI=1S/C13H15ClN2O2/c1-3-4-5-13(18)16-11-7-6-10(14)8-12(11)15-9(2)17/h3,6-8H,1,4-5H2,2H3,(H,15,17)(H,16,18). The zero-order valence-electron chi connectivity index (χ0n) is 10.1. The molecule has 4 nitrogen and oxygen atoms in total. The molecule has 0 spiro atoms. The maximum atomic E-state index is 11.6. The Labute approximate surface area is 111 Å². The highest BCUT2D eigenvalue weighted by Crippen LogP contribution is 2.26. The van der Waals surface area contributed by atoms with Crippen molar-refractivity contribution in [3.8, 4) is 0 Å². The molecule has 96 valence electrons. The highest BCUT2D eigenvalue weighted by atomic mass is 35.5. The maximum absolute atomic E-state index is 11.6. The van der Waals surface area contributed by atoms with Gasteiger partial charge in [0.25, 0.3) is 0 Å². The predicted molar refractivity (Wildman–Crippen MR) is 73.8 cm³/mol. The van der Waals surface area contributed by atoms with E-state index in [0.717, 1.165) is 0 Å². The van der Waals surface area contributed by atoms with Gasteiger partial charge in [0.05, 0.1) is 11.4 Å². The van der Waals surface area contributed by atoms with Crippen LogP contribution in [-0.2, 0) is 9.59 Å². The Kier molecular flexibility index (Phi) is 5.39. The molecule has 0 heterocycles. The van der Waals surface area contributed by atoms with Gasteiger partial charge in [0.1, 0.15) is 0 Å². The van der Waals surface area contributed by atoms with Gasteiger partial charge in [-0.25, -0.2) is 0 Å². The molecule has 0 saturated carbocycles. The minimum absolute atomic E-state index is 0.135. The average Bonchev–Trinajstić information content (AvgIpc) is 2.29. The Morgan fingerprint density at radius 2 is 2.06 bits per heavy atom. The van der Waals surface area contributed by atoms with E-state index in [9.17, 15) is 9.59 Å². The zero-order valence-corrected chi connectivity index (χ0v) is 10.9. The molecule has 5 heteroatoms. The number of rotatable bonds is 5. The second kappa shape index (κ2) is 6.81. The van der Waals surface area contributed by atoms with Crippen LogP contribution in [0.15, 0.2) is 30.9 Å². The van der Waals surface area contributed by atoms with Gasteiger partial charge in [0, 0.05) is 18.4 Å². The van der Waals surface area contributed by atoms with Gasteiger partial charge in [-0.1, -0.05) is 17.7 Å². The van der Waals surface area contributed by atoms with E-state index in [1.54, 1.807) is 24.3 Å². The predicted octanol–water partition coefficient (Wildman–Crippen LogP) is 3.20. The fourth-order valence-corrected chi connectivity index (χ4v) is 1.54. The Morgan fingerprint density at radius 1 is 1.33 bits per heavy atom. The number of hydrogen-bond donors (Lipinski definition) is 2. The van der Waals surface area contributed by atoms with Crippen LogP contribution in [0.1, 0.15) is 19.8 Å². The molecule has 2 amide bonds. The lowest BCUT2D eigenvalue weighted by molar-refractivity contribution is -0.116. The summed E-state index contributed by atoms with van der Waals surface area (Å²) in [5.41, 5.74) is 1.02. The largest absolute Gasteiger partial charge is 0.324 e. The number of amides is 2. The second-order valence-electron chi connectivity index (χ2n) is 3.75. The summed E-state index contributed by atoms with van der Waals surface area (Å²) in [6.07, 6.45) is 2.64. The molecule has 0 radical (unpaired) electrons. The SMILES string of the molecule is C=CCCC(=O)Nc1ccc(Cl)cc1NC(C)=O. The van der Waals surface area contributed by atoms with Crippen molar-refractivity contribution in [3.05, 3.63) is 35.9 Å². The zero-order chi connectivity index (χ0) is 13.5. The summed E-state index contributed by atoms with van der Waals surface area (Å²) >= 11 is 5.84. The van der Waals surface area contributed by atoms with Crippen molar-refractivity contribution in [2.45, 2.75) is 19.8 Å². The third-order valence-corrected chi connectivity index (χ3v) is 2.38. The van der Waals surface area contributed by atoms with E-state index >= 15 is 0 Å². The molecule has 2 N–H and O–H groups in total. The lowest BCUT2D eigenvalue weighted by Crippen LogP contribution is -2.14. The second-order valence-corrected chi connectivity index (χ2v) is 4.18. The summed E-state index contributed by atoms with van der Waals surface area (Å²) in [6, 6.07) is 4.89. The van der Waals surface area contributed by atoms with Crippen molar-refractivity contribution >= 4 is 34.8 Å². The first-order valence-corrected chi connectivity index (χ1v) is 5.88. The van der Waals surface area contributed by atoms with Crippen LogP contribution < -0.4 is 10.6 Å². The van der Waals surface area contributed by atoms with Gasteiger partial charge in [-0.3, -0.25) is 9.59 Å². The molecule has 1 rings (SSSR count). The van der Waals surface area contributed by atoms with Crippen molar-refractivity contribution in [3.63, 3.8) is 0 Å². The molecule has 1 aromatic rings. The Bertz CT molecular complexity index is 472. The quantitative estimate of drug-likeness (QED) is 0.804. The van der Waals surface area contributed by atoms with E-state index in [-0.39, 0.29) is 11.8 Å². The van der Waals surface area contributed by atoms with Gasteiger partial charge in [0.2, 0.25) is 11.8 Å². The van der Waals surface area contributed by atoms with Gasteiger partial charge < -0.3 is 10.6 Å². The molecule has 0 bridgehead atoms. The summed E-state index contributed by atoms with van der Waals surface area (Å²) in [6.45, 7) is 4.95. The molecule has 18 heavy (non-hydrogen) atoms. The summed E-state index contributed by atoms with van der Waals surface area (Å²) in [7, 11) is 0. The fraction of sp³-hybridized carbons (Fsp3) is 0.231. The van der Waals surface area contributed by atoms with E-state index in [4.69, 9.17) is 11.6 Å². The number of hydrogen-bond acceptors (Lipinski definition) is 2. The van der Waals surface area contributed by atoms with Gasteiger partial charge in [-0.15, -0.1) is 6.58 Å². The van der Waals surface area contributed by atoms with Crippen molar-refractivity contribution in [1.29, 1.82) is 0 Å². The van der Waals surface area contributed by atoms with E-state index in [2.05, 4.69) is 17.2 Å². The normalized spacial score (nSPS) is 9.67. The fourth-order valence-electron chi connectivity index (χ4n) is 1.36. The Balaban J connectivity index is 2.83. The Morgan fingerprint density at radius 3 is 2.67 bits per heavy atom. The van der Waals surface area contributed by atoms with Crippen LogP contribution in [0, 0.1) is 0 Å². The molecule has 0 aliphatic rings. The Hall–Kier alpha value is -1.81. The highest BCUT2D eigenvalue weighted by Gasteiger charge is 2.08. The van der Waals surface area contributed by atoms with Crippen molar-refractivity contribution in [1.82, 2.24) is 0 Å². The minimum Gasteiger partial charge on any atom is -0.324 e. The number of allylic oxidation sites excluding steroid dienone is 1. The molecule has 0 unspecified atom stereocenters. The molecular formula is C13H15ClN2O2. The molecule has 0 fully saturated rings. The summed E-state index contributed by atoms with van der Waals surface area (Å²) in [4.78, 5) is 22.6. The lowest BCUT2D eigenvalue weighted by atomic mass is 10.2. The van der Waals surface area contributed by atoms with Crippen LogP contribution >= 0.6 is 11.6 Å². The van der Waals surface area contributed by atoms with Crippen LogP contribution in [0.5, 0.6) is 0 Å². The van der Waals surface area contributed by atoms with Gasteiger partial charge in [-0.05, 0) is 24.6 Å². The molecule has 0 saturated heterocycles. The molecule has 0 aliphatic carbocycles. The van der Waals surface area contributed by atoms with Gasteiger partial charge in [-0.2, -0.15) is 0 Å². The molecule has 0 aromatic heterocycles. The highest BCUT2D eigenvalue weighted by molar-refractivity contribution is 6.31. The first-order chi connectivity index (χ1) is 8.52. The number of carbonyl (C=O) groups is 2. The van der Waals surface area contributed by atoms with Gasteiger partial charge >= 0.3 is 0 Å². The monoisotopic (exact) mass is 266 g/mol. The minimum atomic E-state index is -0.223. The molecular weight excluding hydrogens is 252 g/mol. The first-order valence-electron chi connectivity index (χ1n) is 5.51. The third-order valence-electron chi connectivity index (χ3n) is 2.14. The van der Waals surface area contributed by atoms with Crippen LogP contribution in [0.4, 0.5) is 11.4 Å². The number of carbonyl (C=O) groups excluding carboxylic acids is 2. The van der Waals surface area contributed by atoms with Crippen LogP contribution in [0.3, 0.4) is 0 Å². The number of halogens is 1. The van der Waals surface area contributed by atoms with Crippen molar-refractivity contribution in [2.24, 2.45) is 0 Å². The average molecular weight is 267 g/mol. The van der Waals surface area contributed by atoms with Crippen LogP contribution in [0.2, 0.25) is 5.02 Å². The van der Waals surface area contributed by atoms with Crippen LogP contribution in [0.25, 0.3) is 0 Å². The molecule has 1 aromatic carbocycles. The van der Waals surface area contributed by atoms with Crippen molar-refractivity contribution < 1.29 is 9.59 Å².